The van der Waals surface area contributed by atoms with Crippen LogP contribution < -0.4 is 10.2 Å². The number of aromatic nitrogens is 1. The van der Waals surface area contributed by atoms with Gasteiger partial charge in [-0.15, -0.1) is 0 Å². The second kappa shape index (κ2) is 8.90. The number of carbonyl (C=O) groups excluding carboxylic acids is 2. The lowest BCUT2D eigenvalue weighted by atomic mass is 9.93. The summed E-state index contributed by atoms with van der Waals surface area (Å²) in [6, 6.07) is 14.7. The molecule has 2 heterocycles. The molecule has 4 aromatic rings. The van der Waals surface area contributed by atoms with Gasteiger partial charge in [0.1, 0.15) is 17.1 Å². The van der Waals surface area contributed by atoms with Crippen molar-refractivity contribution < 1.29 is 23.1 Å². The molecule has 2 aromatic heterocycles. The van der Waals surface area contributed by atoms with Crippen LogP contribution in [0, 0.1) is 12.7 Å². The van der Waals surface area contributed by atoms with E-state index < -0.39 is 17.7 Å². The number of nitrogens with zero attached hydrogens (tertiary/aromatic N) is 2. The number of para-hydroxylation sites is 1. The van der Waals surface area contributed by atoms with Crippen molar-refractivity contribution in [2.45, 2.75) is 26.2 Å². The quantitative estimate of drug-likeness (QED) is 0.265. The summed E-state index contributed by atoms with van der Waals surface area (Å²) in [5.74, 6) is -0.903. The number of esters is 1. The van der Waals surface area contributed by atoms with Crippen LogP contribution in [-0.2, 0) is 6.42 Å². The molecule has 0 fully saturated rings. The number of amides is 1. The molecule has 1 aliphatic carbocycles. The van der Waals surface area contributed by atoms with E-state index in [1.54, 1.807) is 31.3 Å². The number of benzene rings is 2. The number of aryl methyl sites for hydroxylation is 1. The van der Waals surface area contributed by atoms with Crippen LogP contribution in [-0.4, -0.2) is 22.6 Å². The Labute approximate surface area is 194 Å². The first-order valence-corrected chi connectivity index (χ1v) is 10.8. The topological polar surface area (TPSA) is 93.8 Å². The molecule has 0 saturated heterocycles. The molecular formula is C26H20FN3O4. The molecule has 5 rings (SSSR count). The molecule has 0 spiro atoms. The largest absolute Gasteiger partial charge is 0.453 e. The van der Waals surface area contributed by atoms with Gasteiger partial charge in [0.25, 0.3) is 5.91 Å². The highest BCUT2D eigenvalue weighted by Gasteiger charge is 2.29. The number of hydrazone groups is 1. The maximum Gasteiger partial charge on any atom is 0.380 e. The van der Waals surface area contributed by atoms with Crippen LogP contribution in [0.3, 0.4) is 0 Å². The molecule has 0 atom stereocenters. The van der Waals surface area contributed by atoms with Crippen LogP contribution in [0.5, 0.6) is 5.75 Å². The number of hydrogen-bond donors (Lipinski definition) is 1. The fourth-order valence-corrected chi connectivity index (χ4v) is 4.10. The second-order valence-electron chi connectivity index (χ2n) is 7.91. The fraction of sp³-hybridized carbons (Fsp3) is 0.154. The van der Waals surface area contributed by atoms with Gasteiger partial charge in [0, 0.05) is 29.1 Å². The van der Waals surface area contributed by atoms with Gasteiger partial charge in [0.15, 0.2) is 5.75 Å². The zero-order chi connectivity index (χ0) is 23.7. The van der Waals surface area contributed by atoms with Gasteiger partial charge in [0.05, 0.1) is 11.3 Å². The Hall–Kier alpha value is -4.33. The Bertz CT molecular complexity index is 1450. The van der Waals surface area contributed by atoms with E-state index >= 15 is 0 Å². The number of pyridine rings is 1. The van der Waals surface area contributed by atoms with Gasteiger partial charge in [-0.3, -0.25) is 9.78 Å². The van der Waals surface area contributed by atoms with Crippen molar-refractivity contribution in [2.24, 2.45) is 5.10 Å². The standard InChI is InChI=1S/C26H20FN3O4/c1-15-22-19(29-30-25(31)17-9-2-3-10-18(17)27)11-5-12-20(22)33-24(15)26(32)34-21-13-4-7-16-8-6-14-28-23(16)21/h2-4,6-10,13-14H,5,11-12H2,1H3,(H,30,31)/b29-19+. The monoisotopic (exact) mass is 457 g/mol. The number of furan rings is 1. The van der Waals surface area contributed by atoms with Crippen LogP contribution in [0.1, 0.15) is 50.6 Å². The number of ether oxygens (including phenoxy) is 1. The fourth-order valence-electron chi connectivity index (χ4n) is 4.10. The number of carbonyl (C=O) groups is 2. The summed E-state index contributed by atoms with van der Waals surface area (Å²) in [4.78, 5) is 29.7. The van der Waals surface area contributed by atoms with Gasteiger partial charge in [-0.2, -0.15) is 5.10 Å². The first kappa shape index (κ1) is 21.5. The van der Waals surface area contributed by atoms with Gasteiger partial charge < -0.3 is 9.15 Å². The van der Waals surface area contributed by atoms with Crippen molar-refractivity contribution in [3.05, 3.63) is 94.8 Å². The molecule has 0 bridgehead atoms. The molecular weight excluding hydrogens is 437 g/mol. The zero-order valence-electron chi connectivity index (χ0n) is 18.3. The van der Waals surface area contributed by atoms with Crippen molar-refractivity contribution >= 4 is 28.5 Å². The van der Waals surface area contributed by atoms with Gasteiger partial charge in [-0.25, -0.2) is 14.6 Å². The van der Waals surface area contributed by atoms with E-state index in [4.69, 9.17) is 9.15 Å². The predicted octanol–water partition coefficient (Wildman–Crippen LogP) is 4.96. The summed E-state index contributed by atoms with van der Waals surface area (Å²) in [6.45, 7) is 1.75. The number of hydrogen-bond acceptors (Lipinski definition) is 6. The molecule has 34 heavy (non-hydrogen) atoms. The first-order valence-electron chi connectivity index (χ1n) is 10.8. The molecule has 0 aliphatic heterocycles. The minimum atomic E-state index is -0.651. The molecule has 0 saturated carbocycles. The molecule has 0 unspecified atom stereocenters. The SMILES string of the molecule is Cc1c(C(=O)Oc2cccc3cccnc23)oc2c1/C(=N/NC(=O)c1ccccc1F)CCC2. The lowest BCUT2D eigenvalue weighted by Gasteiger charge is -2.13. The van der Waals surface area contributed by atoms with Crippen LogP contribution in [0.4, 0.5) is 4.39 Å². The molecule has 1 aliphatic rings. The lowest BCUT2D eigenvalue weighted by molar-refractivity contribution is 0.0700. The number of nitrogens with one attached hydrogen (secondary N) is 1. The van der Waals surface area contributed by atoms with Crippen LogP contribution in [0.15, 0.2) is 70.3 Å². The highest BCUT2D eigenvalue weighted by Crippen LogP contribution is 2.31. The highest BCUT2D eigenvalue weighted by molar-refractivity contribution is 6.07. The maximum atomic E-state index is 13.9. The Kier molecular flexibility index (Phi) is 5.63. The lowest BCUT2D eigenvalue weighted by Crippen LogP contribution is -2.23. The van der Waals surface area contributed by atoms with Gasteiger partial charge in [-0.1, -0.05) is 30.3 Å². The summed E-state index contributed by atoms with van der Waals surface area (Å²) in [6.07, 6.45) is 3.57. The van der Waals surface area contributed by atoms with E-state index in [-0.39, 0.29) is 11.3 Å². The average molecular weight is 457 g/mol. The Balaban J connectivity index is 1.42. The highest BCUT2D eigenvalue weighted by atomic mass is 19.1. The van der Waals surface area contributed by atoms with Crippen molar-refractivity contribution in [1.82, 2.24) is 10.4 Å². The number of rotatable bonds is 4. The zero-order valence-corrected chi connectivity index (χ0v) is 18.3. The van der Waals surface area contributed by atoms with E-state index in [1.807, 2.05) is 18.2 Å². The van der Waals surface area contributed by atoms with Crippen LogP contribution in [0.2, 0.25) is 0 Å². The Morgan fingerprint density at radius 3 is 2.76 bits per heavy atom. The third-order valence-electron chi connectivity index (χ3n) is 5.72. The summed E-state index contributed by atoms with van der Waals surface area (Å²) in [7, 11) is 0. The van der Waals surface area contributed by atoms with E-state index in [0.717, 1.165) is 11.8 Å². The molecule has 8 heteroatoms. The van der Waals surface area contributed by atoms with E-state index in [1.165, 1.54) is 18.2 Å². The Morgan fingerprint density at radius 1 is 1.09 bits per heavy atom. The molecule has 2 aromatic carbocycles. The third-order valence-corrected chi connectivity index (χ3v) is 5.72. The van der Waals surface area contributed by atoms with Crippen LogP contribution in [0.25, 0.3) is 10.9 Å². The summed E-state index contributed by atoms with van der Waals surface area (Å²) in [5.41, 5.74) is 4.71. The minimum absolute atomic E-state index is 0.0768. The minimum Gasteiger partial charge on any atom is -0.453 e. The second-order valence-corrected chi connectivity index (χ2v) is 7.91. The average Bonchev–Trinajstić information content (AvgIpc) is 3.20. The van der Waals surface area contributed by atoms with Crippen molar-refractivity contribution in [3.8, 4) is 5.75 Å². The summed E-state index contributed by atoms with van der Waals surface area (Å²) >= 11 is 0. The molecule has 0 radical (unpaired) electrons. The molecule has 1 amide bonds. The van der Waals surface area contributed by atoms with E-state index in [0.29, 0.717) is 46.7 Å². The smallest absolute Gasteiger partial charge is 0.380 e. The van der Waals surface area contributed by atoms with Crippen molar-refractivity contribution in [3.63, 3.8) is 0 Å². The normalized spacial score (nSPS) is 14.1. The van der Waals surface area contributed by atoms with E-state index in [9.17, 15) is 14.0 Å². The maximum absolute atomic E-state index is 13.9. The van der Waals surface area contributed by atoms with Crippen molar-refractivity contribution in [1.29, 1.82) is 0 Å². The van der Waals surface area contributed by atoms with E-state index in [2.05, 4.69) is 15.5 Å². The summed E-state index contributed by atoms with van der Waals surface area (Å²) in [5, 5.41) is 5.08. The number of halogens is 1. The summed E-state index contributed by atoms with van der Waals surface area (Å²) < 4.78 is 25.4. The van der Waals surface area contributed by atoms with Gasteiger partial charge in [0.2, 0.25) is 5.76 Å². The third kappa shape index (κ3) is 3.94. The van der Waals surface area contributed by atoms with Gasteiger partial charge in [-0.05, 0) is 44.0 Å². The molecule has 1 N–H and O–H groups in total. The molecule has 170 valence electrons. The van der Waals surface area contributed by atoms with Crippen LogP contribution >= 0.6 is 0 Å². The molecule has 7 nitrogen and oxygen atoms in total. The number of fused-ring (bicyclic) bond motifs is 2. The van der Waals surface area contributed by atoms with Gasteiger partial charge >= 0.3 is 5.97 Å². The Morgan fingerprint density at radius 2 is 1.91 bits per heavy atom. The first-order chi connectivity index (χ1) is 16.5. The predicted molar refractivity (Wildman–Crippen MR) is 123 cm³/mol. The van der Waals surface area contributed by atoms with Crippen molar-refractivity contribution in [2.75, 3.05) is 0 Å².